The van der Waals surface area contributed by atoms with Crippen LogP contribution in [-0.2, 0) is 24.1 Å². The van der Waals surface area contributed by atoms with Gasteiger partial charge in [-0.15, -0.1) is 16.8 Å². The summed E-state index contributed by atoms with van der Waals surface area (Å²) in [5.74, 6) is 0.318. The molecular formula is C21H17Cl2F3N4O2S. The Bertz CT molecular complexity index is 1150. The number of ether oxygens (including phenoxy) is 1. The van der Waals surface area contributed by atoms with Crippen LogP contribution in [0.4, 0.5) is 18.9 Å². The molecule has 174 valence electrons. The van der Waals surface area contributed by atoms with Gasteiger partial charge in [-0.05, 0) is 36.4 Å². The van der Waals surface area contributed by atoms with Gasteiger partial charge in [-0.25, -0.2) is 0 Å². The number of carbonyl (C=O) groups is 1. The van der Waals surface area contributed by atoms with Crippen LogP contribution in [0.3, 0.4) is 0 Å². The van der Waals surface area contributed by atoms with E-state index in [-0.39, 0.29) is 18.0 Å². The largest absolute Gasteiger partial charge is 0.484 e. The van der Waals surface area contributed by atoms with Gasteiger partial charge in [0.2, 0.25) is 5.91 Å². The first kappa shape index (κ1) is 24.9. The molecule has 0 aliphatic heterocycles. The Morgan fingerprint density at radius 3 is 2.70 bits per heavy atom. The molecule has 33 heavy (non-hydrogen) atoms. The first-order valence-electron chi connectivity index (χ1n) is 9.38. The molecule has 1 aromatic heterocycles. The van der Waals surface area contributed by atoms with Crippen LogP contribution in [0.25, 0.3) is 0 Å². The van der Waals surface area contributed by atoms with E-state index in [9.17, 15) is 18.0 Å². The molecule has 12 heteroatoms. The Hall–Kier alpha value is -2.69. The van der Waals surface area contributed by atoms with E-state index in [1.165, 1.54) is 12.1 Å². The molecule has 0 atom stereocenters. The number of halogens is 5. The average Bonchev–Trinajstić information content (AvgIpc) is 3.13. The Kier molecular flexibility index (Phi) is 8.28. The molecular weight excluding hydrogens is 500 g/mol. The van der Waals surface area contributed by atoms with Gasteiger partial charge in [0.25, 0.3) is 0 Å². The van der Waals surface area contributed by atoms with Crippen LogP contribution in [0, 0.1) is 0 Å². The van der Waals surface area contributed by atoms with Gasteiger partial charge in [-0.2, -0.15) is 13.2 Å². The highest BCUT2D eigenvalue weighted by molar-refractivity contribution is 7.99. The second-order valence-corrected chi connectivity index (χ2v) is 8.36. The zero-order chi connectivity index (χ0) is 24.0. The second-order valence-electron chi connectivity index (χ2n) is 6.58. The molecule has 0 saturated carbocycles. The van der Waals surface area contributed by atoms with Gasteiger partial charge in [-0.3, -0.25) is 9.36 Å². The lowest BCUT2D eigenvalue weighted by atomic mass is 10.2. The summed E-state index contributed by atoms with van der Waals surface area (Å²) < 4.78 is 45.9. The highest BCUT2D eigenvalue weighted by atomic mass is 35.5. The fraction of sp³-hybridized carbons (Fsp3) is 0.190. The number of alkyl halides is 3. The average molecular weight is 517 g/mol. The molecule has 0 spiro atoms. The first-order chi connectivity index (χ1) is 15.7. The van der Waals surface area contributed by atoms with E-state index < -0.39 is 17.6 Å². The number of nitrogens with zero attached hydrogens (tertiary/aromatic N) is 3. The van der Waals surface area contributed by atoms with Gasteiger partial charge < -0.3 is 10.1 Å². The minimum absolute atomic E-state index is 0.0527. The minimum atomic E-state index is -4.49. The van der Waals surface area contributed by atoms with Crippen molar-refractivity contribution in [2.45, 2.75) is 24.5 Å². The van der Waals surface area contributed by atoms with E-state index in [1.54, 1.807) is 28.8 Å². The molecule has 1 N–H and O–H groups in total. The predicted molar refractivity (Wildman–Crippen MR) is 122 cm³/mol. The van der Waals surface area contributed by atoms with Crippen molar-refractivity contribution in [2.75, 3.05) is 11.1 Å². The maximum Gasteiger partial charge on any atom is 0.416 e. The van der Waals surface area contributed by atoms with Crippen LogP contribution in [0.5, 0.6) is 5.75 Å². The fourth-order valence-corrected chi connectivity index (χ4v) is 3.91. The molecule has 0 unspecified atom stereocenters. The van der Waals surface area contributed by atoms with Gasteiger partial charge in [0, 0.05) is 17.3 Å². The van der Waals surface area contributed by atoms with E-state index in [1.807, 2.05) is 0 Å². The van der Waals surface area contributed by atoms with Crippen molar-refractivity contribution in [1.82, 2.24) is 14.8 Å². The summed E-state index contributed by atoms with van der Waals surface area (Å²) >= 11 is 13.1. The summed E-state index contributed by atoms with van der Waals surface area (Å²) in [6, 6.07) is 9.25. The monoisotopic (exact) mass is 516 g/mol. The number of amides is 1. The number of nitrogens with one attached hydrogen (secondary N) is 1. The van der Waals surface area contributed by atoms with Crippen LogP contribution in [0.2, 0.25) is 10.0 Å². The van der Waals surface area contributed by atoms with Crippen LogP contribution in [0.15, 0.2) is 60.3 Å². The Balaban J connectivity index is 1.63. The van der Waals surface area contributed by atoms with Crippen molar-refractivity contribution in [3.8, 4) is 5.75 Å². The molecule has 3 aromatic rings. The van der Waals surface area contributed by atoms with Crippen molar-refractivity contribution >= 4 is 46.6 Å². The summed E-state index contributed by atoms with van der Waals surface area (Å²) in [5.41, 5.74) is -0.791. The quantitative estimate of drug-likeness (QED) is 0.275. The fourth-order valence-electron chi connectivity index (χ4n) is 2.68. The molecule has 1 amide bonds. The summed E-state index contributed by atoms with van der Waals surface area (Å²) in [6.45, 7) is 4.12. The first-order valence-corrected chi connectivity index (χ1v) is 11.1. The maximum atomic E-state index is 12.8. The SMILES string of the molecule is C=CCn1c(COc2ccc(Cl)cc2Cl)nnc1SCC(=O)Nc1cccc(C(F)(F)F)c1. The van der Waals surface area contributed by atoms with E-state index in [0.29, 0.717) is 33.3 Å². The number of anilines is 1. The number of carbonyl (C=O) groups excluding carboxylic acids is 1. The van der Waals surface area contributed by atoms with Crippen LogP contribution < -0.4 is 10.1 Å². The highest BCUT2D eigenvalue weighted by Crippen LogP contribution is 2.31. The predicted octanol–water partition coefficient (Wildman–Crippen LogP) is 6.10. The van der Waals surface area contributed by atoms with Crippen molar-refractivity contribution in [1.29, 1.82) is 0 Å². The number of benzene rings is 2. The molecule has 0 bridgehead atoms. The van der Waals surface area contributed by atoms with Crippen molar-refractivity contribution in [3.63, 3.8) is 0 Å². The van der Waals surface area contributed by atoms with Gasteiger partial charge in [0.15, 0.2) is 11.0 Å². The van der Waals surface area contributed by atoms with Gasteiger partial charge in [-0.1, -0.05) is 47.1 Å². The maximum absolute atomic E-state index is 12.8. The summed E-state index contributed by atoms with van der Waals surface area (Å²) in [7, 11) is 0. The Labute approximate surface area is 201 Å². The number of hydrogen-bond donors (Lipinski definition) is 1. The topological polar surface area (TPSA) is 69.0 Å². The number of allylic oxidation sites excluding steroid dienone is 1. The standard InChI is InChI=1S/C21H17Cl2F3N4O2S/c1-2-8-30-18(11-32-17-7-6-14(22)10-16(17)23)28-29-20(30)33-12-19(31)27-15-5-3-4-13(9-15)21(24,25)26/h2-7,9-10H,1,8,11-12H2,(H,27,31). The third-order valence-electron chi connectivity index (χ3n) is 4.16. The van der Waals surface area contributed by atoms with Crippen LogP contribution >= 0.6 is 35.0 Å². The third kappa shape index (κ3) is 6.89. The lowest BCUT2D eigenvalue weighted by Crippen LogP contribution is -2.15. The highest BCUT2D eigenvalue weighted by Gasteiger charge is 2.30. The normalized spacial score (nSPS) is 11.3. The lowest BCUT2D eigenvalue weighted by Gasteiger charge is -2.11. The number of aromatic nitrogens is 3. The molecule has 0 fully saturated rings. The van der Waals surface area contributed by atoms with Gasteiger partial charge in [0.05, 0.1) is 16.3 Å². The van der Waals surface area contributed by atoms with Gasteiger partial charge in [0.1, 0.15) is 12.4 Å². The number of rotatable bonds is 9. The number of thioether (sulfide) groups is 1. The smallest absolute Gasteiger partial charge is 0.416 e. The summed E-state index contributed by atoms with van der Waals surface area (Å²) in [5, 5.41) is 11.9. The molecule has 0 saturated heterocycles. The molecule has 6 nitrogen and oxygen atoms in total. The molecule has 2 aromatic carbocycles. The van der Waals surface area contributed by atoms with E-state index in [4.69, 9.17) is 27.9 Å². The van der Waals surface area contributed by atoms with Crippen LogP contribution in [0.1, 0.15) is 11.4 Å². The zero-order valence-electron chi connectivity index (χ0n) is 16.9. The lowest BCUT2D eigenvalue weighted by molar-refractivity contribution is -0.137. The van der Waals surface area contributed by atoms with Crippen molar-refractivity contribution in [2.24, 2.45) is 0 Å². The van der Waals surface area contributed by atoms with E-state index in [2.05, 4.69) is 22.1 Å². The molecule has 0 aliphatic carbocycles. The second kappa shape index (κ2) is 11.0. The Morgan fingerprint density at radius 2 is 2.00 bits per heavy atom. The molecule has 1 heterocycles. The molecule has 0 aliphatic rings. The zero-order valence-corrected chi connectivity index (χ0v) is 19.2. The van der Waals surface area contributed by atoms with Crippen LogP contribution in [-0.4, -0.2) is 26.4 Å². The number of hydrogen-bond acceptors (Lipinski definition) is 5. The minimum Gasteiger partial charge on any atom is -0.484 e. The summed E-state index contributed by atoms with van der Waals surface area (Å²) in [6.07, 6.45) is -2.86. The van der Waals surface area contributed by atoms with Crippen molar-refractivity contribution < 1.29 is 22.7 Å². The van der Waals surface area contributed by atoms with Gasteiger partial charge >= 0.3 is 6.18 Å². The van der Waals surface area contributed by atoms with Crippen molar-refractivity contribution in [3.05, 3.63) is 76.6 Å². The Morgan fingerprint density at radius 1 is 1.21 bits per heavy atom. The molecule has 3 rings (SSSR count). The van der Waals surface area contributed by atoms with E-state index in [0.717, 1.165) is 23.9 Å². The third-order valence-corrected chi connectivity index (χ3v) is 5.66. The molecule has 0 radical (unpaired) electrons. The summed E-state index contributed by atoms with van der Waals surface area (Å²) in [4.78, 5) is 12.3. The van der Waals surface area contributed by atoms with E-state index >= 15 is 0 Å².